The highest BCUT2D eigenvalue weighted by molar-refractivity contribution is 5.94. The summed E-state index contributed by atoms with van der Waals surface area (Å²) in [6.07, 6.45) is 8.64. The van der Waals surface area contributed by atoms with Crippen molar-refractivity contribution < 1.29 is 14.3 Å². The molecule has 1 saturated carbocycles. The van der Waals surface area contributed by atoms with Crippen LogP contribution in [-0.4, -0.2) is 47.2 Å². The molecule has 5 nitrogen and oxygen atoms in total. The molecule has 4 rings (SSSR count). The molecule has 3 atom stereocenters. The van der Waals surface area contributed by atoms with Crippen molar-refractivity contribution in [3.8, 4) is 5.88 Å². The maximum atomic E-state index is 12.8. The smallest absolute Gasteiger partial charge is 0.249 e. The van der Waals surface area contributed by atoms with Crippen LogP contribution in [0.4, 0.5) is 0 Å². The van der Waals surface area contributed by atoms with E-state index in [0.29, 0.717) is 19.0 Å². The number of pyridine rings is 1. The fraction of sp³-hybridized carbons (Fsp3) is 0.556. The third kappa shape index (κ3) is 2.85. The van der Waals surface area contributed by atoms with E-state index >= 15 is 0 Å². The summed E-state index contributed by atoms with van der Waals surface area (Å²) in [7, 11) is 0. The quantitative estimate of drug-likeness (QED) is 0.859. The third-order valence-electron chi connectivity index (χ3n) is 5.02. The van der Waals surface area contributed by atoms with Gasteiger partial charge in [-0.1, -0.05) is 12.1 Å². The molecule has 1 aliphatic heterocycles. The Morgan fingerprint density at radius 3 is 3.09 bits per heavy atom. The standard InChI is InChI=1S/C18H22N2O3/c21-18(13-5-1-2-6-13)20-11-12-22-17-14(20)8-9-15(17)23-16-7-3-4-10-19-16/h3-5,7,10,14-15,17H,1-2,6,8-9,11-12H2/t14-,15-,17+/m1/s1. The highest BCUT2D eigenvalue weighted by Gasteiger charge is 2.46. The zero-order chi connectivity index (χ0) is 15.6. The summed E-state index contributed by atoms with van der Waals surface area (Å²) in [4.78, 5) is 19.0. The molecule has 2 heterocycles. The van der Waals surface area contributed by atoms with Gasteiger partial charge in [0, 0.05) is 24.4 Å². The summed E-state index contributed by atoms with van der Waals surface area (Å²) in [6.45, 7) is 1.27. The van der Waals surface area contributed by atoms with Gasteiger partial charge in [0.05, 0.1) is 12.6 Å². The number of hydrogen-bond donors (Lipinski definition) is 0. The minimum absolute atomic E-state index is 0.0249. The molecule has 23 heavy (non-hydrogen) atoms. The molecule has 0 bridgehead atoms. The summed E-state index contributed by atoms with van der Waals surface area (Å²) in [5, 5.41) is 0. The Bertz CT molecular complexity index is 602. The summed E-state index contributed by atoms with van der Waals surface area (Å²) in [6, 6.07) is 5.78. The first-order valence-corrected chi connectivity index (χ1v) is 8.52. The number of amides is 1. The van der Waals surface area contributed by atoms with E-state index < -0.39 is 0 Å². The van der Waals surface area contributed by atoms with Gasteiger partial charge in [-0.05, 0) is 38.2 Å². The van der Waals surface area contributed by atoms with Gasteiger partial charge in [0.1, 0.15) is 12.2 Å². The third-order valence-corrected chi connectivity index (χ3v) is 5.02. The molecule has 1 saturated heterocycles. The topological polar surface area (TPSA) is 51.7 Å². The summed E-state index contributed by atoms with van der Waals surface area (Å²) in [5.41, 5.74) is 0.986. The SMILES string of the molecule is O=C(C1=CCCC1)N1CCO[C@H]2[C@H]1CC[C@H]2Oc1ccccn1. The number of carbonyl (C=O) groups is 1. The lowest BCUT2D eigenvalue weighted by Gasteiger charge is -2.39. The van der Waals surface area contributed by atoms with Crippen molar-refractivity contribution in [3.63, 3.8) is 0 Å². The van der Waals surface area contributed by atoms with Crippen molar-refractivity contribution in [2.24, 2.45) is 0 Å². The van der Waals surface area contributed by atoms with Gasteiger partial charge in [-0.25, -0.2) is 4.98 Å². The molecule has 3 aliphatic rings. The normalized spacial score (nSPS) is 30.0. The monoisotopic (exact) mass is 314 g/mol. The molecule has 0 unspecified atom stereocenters. The van der Waals surface area contributed by atoms with Crippen LogP contribution in [0.5, 0.6) is 5.88 Å². The molecule has 1 aromatic rings. The average Bonchev–Trinajstić information content (AvgIpc) is 3.25. The zero-order valence-corrected chi connectivity index (χ0v) is 13.2. The second-order valence-corrected chi connectivity index (χ2v) is 6.42. The molecule has 2 fully saturated rings. The van der Waals surface area contributed by atoms with Crippen molar-refractivity contribution in [1.82, 2.24) is 9.88 Å². The summed E-state index contributed by atoms with van der Waals surface area (Å²) < 4.78 is 12.0. The van der Waals surface area contributed by atoms with Crippen LogP contribution >= 0.6 is 0 Å². The minimum Gasteiger partial charge on any atom is -0.471 e. The highest BCUT2D eigenvalue weighted by atomic mass is 16.5. The van der Waals surface area contributed by atoms with Crippen LogP contribution in [0.15, 0.2) is 36.0 Å². The van der Waals surface area contributed by atoms with Gasteiger partial charge < -0.3 is 14.4 Å². The Morgan fingerprint density at radius 2 is 2.30 bits per heavy atom. The lowest BCUT2D eigenvalue weighted by molar-refractivity contribution is -0.143. The van der Waals surface area contributed by atoms with Crippen molar-refractivity contribution in [1.29, 1.82) is 0 Å². The molecule has 1 aromatic heterocycles. The highest BCUT2D eigenvalue weighted by Crippen LogP contribution is 2.34. The molecule has 0 aromatic carbocycles. The first-order chi connectivity index (χ1) is 11.3. The number of ether oxygens (including phenoxy) is 2. The van der Waals surface area contributed by atoms with E-state index in [1.807, 2.05) is 23.1 Å². The number of aromatic nitrogens is 1. The van der Waals surface area contributed by atoms with E-state index in [2.05, 4.69) is 11.1 Å². The Morgan fingerprint density at radius 1 is 1.35 bits per heavy atom. The largest absolute Gasteiger partial charge is 0.471 e. The first kappa shape index (κ1) is 14.7. The van der Waals surface area contributed by atoms with Crippen molar-refractivity contribution in [2.75, 3.05) is 13.2 Å². The molecular weight excluding hydrogens is 292 g/mol. The van der Waals surface area contributed by atoms with Crippen LogP contribution in [0.2, 0.25) is 0 Å². The van der Waals surface area contributed by atoms with Crippen molar-refractivity contribution in [3.05, 3.63) is 36.0 Å². The number of allylic oxidation sites excluding steroid dienone is 1. The van der Waals surface area contributed by atoms with E-state index in [0.717, 1.165) is 37.7 Å². The molecule has 0 radical (unpaired) electrons. The van der Waals surface area contributed by atoms with Gasteiger partial charge >= 0.3 is 0 Å². The summed E-state index contributed by atoms with van der Waals surface area (Å²) >= 11 is 0. The predicted octanol–water partition coefficient (Wildman–Crippen LogP) is 2.33. The van der Waals surface area contributed by atoms with E-state index in [-0.39, 0.29) is 24.2 Å². The fourth-order valence-corrected chi connectivity index (χ4v) is 3.92. The predicted molar refractivity (Wildman–Crippen MR) is 85.1 cm³/mol. The Balaban J connectivity index is 1.47. The van der Waals surface area contributed by atoms with Gasteiger partial charge in [-0.2, -0.15) is 0 Å². The molecule has 2 aliphatic carbocycles. The molecule has 0 spiro atoms. The lowest BCUT2D eigenvalue weighted by Crippen LogP contribution is -2.54. The van der Waals surface area contributed by atoms with Crippen LogP contribution in [-0.2, 0) is 9.53 Å². The number of fused-ring (bicyclic) bond motifs is 1. The zero-order valence-electron chi connectivity index (χ0n) is 13.2. The van der Waals surface area contributed by atoms with Gasteiger partial charge in [0.15, 0.2) is 0 Å². The average molecular weight is 314 g/mol. The molecule has 122 valence electrons. The maximum Gasteiger partial charge on any atom is 0.249 e. The van der Waals surface area contributed by atoms with Gasteiger partial charge in [0.25, 0.3) is 0 Å². The van der Waals surface area contributed by atoms with Crippen LogP contribution < -0.4 is 4.74 Å². The van der Waals surface area contributed by atoms with E-state index in [4.69, 9.17) is 9.47 Å². The van der Waals surface area contributed by atoms with Crippen molar-refractivity contribution in [2.45, 2.75) is 50.4 Å². The van der Waals surface area contributed by atoms with E-state index in [1.54, 1.807) is 6.20 Å². The van der Waals surface area contributed by atoms with Crippen LogP contribution in [0.1, 0.15) is 32.1 Å². The molecule has 0 N–H and O–H groups in total. The summed E-state index contributed by atoms with van der Waals surface area (Å²) in [5.74, 6) is 0.836. The van der Waals surface area contributed by atoms with E-state index in [1.165, 1.54) is 0 Å². The fourth-order valence-electron chi connectivity index (χ4n) is 3.92. The number of nitrogens with zero attached hydrogens (tertiary/aromatic N) is 2. The first-order valence-electron chi connectivity index (χ1n) is 8.52. The number of morpholine rings is 1. The van der Waals surface area contributed by atoms with Gasteiger partial charge in [-0.3, -0.25) is 4.79 Å². The minimum atomic E-state index is -0.0447. The van der Waals surface area contributed by atoms with Gasteiger partial charge in [-0.15, -0.1) is 0 Å². The second-order valence-electron chi connectivity index (χ2n) is 6.42. The second kappa shape index (κ2) is 6.32. The number of rotatable bonds is 3. The van der Waals surface area contributed by atoms with Crippen molar-refractivity contribution >= 4 is 5.91 Å². The van der Waals surface area contributed by atoms with Crippen LogP contribution in [0.3, 0.4) is 0 Å². The molecular formula is C18H22N2O3. The Kier molecular flexibility index (Phi) is 4.04. The van der Waals surface area contributed by atoms with Gasteiger partial charge in [0.2, 0.25) is 11.8 Å². The Hall–Kier alpha value is -1.88. The number of carbonyl (C=O) groups excluding carboxylic acids is 1. The van der Waals surface area contributed by atoms with Crippen LogP contribution in [0, 0.1) is 0 Å². The van der Waals surface area contributed by atoms with E-state index in [9.17, 15) is 4.79 Å². The number of hydrogen-bond acceptors (Lipinski definition) is 4. The molecule has 1 amide bonds. The van der Waals surface area contributed by atoms with Crippen LogP contribution in [0.25, 0.3) is 0 Å². The Labute approximate surface area is 136 Å². The maximum absolute atomic E-state index is 12.8. The lowest BCUT2D eigenvalue weighted by atomic mass is 10.1. The molecule has 5 heteroatoms.